The van der Waals surface area contributed by atoms with E-state index in [1.54, 1.807) is 0 Å². The molecule has 106 valence electrons. The Labute approximate surface area is 121 Å². The topological polar surface area (TPSA) is 76.2 Å². The van der Waals surface area contributed by atoms with Crippen LogP contribution < -0.4 is 0 Å². The SMILES string of the molecule is O=C(O)CCc1nnc(Cc2cccc3ccccc23)o1. The third kappa shape index (κ3) is 3.08. The van der Waals surface area contributed by atoms with Crippen molar-refractivity contribution in [3.63, 3.8) is 0 Å². The van der Waals surface area contributed by atoms with Gasteiger partial charge >= 0.3 is 5.97 Å². The van der Waals surface area contributed by atoms with Crippen molar-refractivity contribution >= 4 is 16.7 Å². The Morgan fingerprint density at radius 1 is 1.05 bits per heavy atom. The summed E-state index contributed by atoms with van der Waals surface area (Å²) in [6, 6.07) is 14.2. The van der Waals surface area contributed by atoms with Gasteiger partial charge in [-0.25, -0.2) is 0 Å². The fourth-order valence-corrected chi connectivity index (χ4v) is 2.28. The van der Waals surface area contributed by atoms with E-state index in [0.29, 0.717) is 18.2 Å². The molecule has 21 heavy (non-hydrogen) atoms. The lowest BCUT2D eigenvalue weighted by Crippen LogP contribution is -1.97. The lowest BCUT2D eigenvalue weighted by Gasteiger charge is -2.03. The number of fused-ring (bicyclic) bond motifs is 1. The summed E-state index contributed by atoms with van der Waals surface area (Å²) in [5, 5.41) is 18.8. The minimum absolute atomic E-state index is 0.00407. The Hall–Kier alpha value is -2.69. The first-order valence-electron chi connectivity index (χ1n) is 6.72. The smallest absolute Gasteiger partial charge is 0.303 e. The van der Waals surface area contributed by atoms with Gasteiger partial charge in [0.25, 0.3) is 0 Å². The first-order chi connectivity index (χ1) is 10.2. The zero-order chi connectivity index (χ0) is 14.7. The van der Waals surface area contributed by atoms with E-state index in [1.807, 2.05) is 24.3 Å². The number of hydrogen-bond acceptors (Lipinski definition) is 4. The molecule has 0 aliphatic heterocycles. The molecule has 0 spiro atoms. The molecule has 0 atom stereocenters. The van der Waals surface area contributed by atoms with Crippen LogP contribution in [0.25, 0.3) is 10.8 Å². The Kier molecular flexibility index (Phi) is 3.64. The van der Waals surface area contributed by atoms with Crippen molar-refractivity contribution in [2.24, 2.45) is 0 Å². The molecule has 0 saturated heterocycles. The number of rotatable bonds is 5. The minimum atomic E-state index is -0.871. The van der Waals surface area contributed by atoms with Crippen molar-refractivity contribution in [3.8, 4) is 0 Å². The molecule has 3 aromatic rings. The second kappa shape index (κ2) is 5.75. The van der Waals surface area contributed by atoms with Gasteiger partial charge in [0, 0.05) is 6.42 Å². The minimum Gasteiger partial charge on any atom is -0.481 e. The van der Waals surface area contributed by atoms with Gasteiger partial charge in [0.1, 0.15) is 0 Å². The molecule has 0 aliphatic carbocycles. The van der Waals surface area contributed by atoms with Crippen LogP contribution in [0.3, 0.4) is 0 Å². The van der Waals surface area contributed by atoms with Crippen molar-refractivity contribution < 1.29 is 14.3 Å². The summed E-state index contributed by atoms with van der Waals surface area (Å²) in [5.74, 6) is 0.00295. The highest BCUT2D eigenvalue weighted by Crippen LogP contribution is 2.21. The molecule has 0 amide bonds. The molecule has 0 radical (unpaired) electrons. The summed E-state index contributed by atoms with van der Waals surface area (Å²) < 4.78 is 5.50. The normalized spacial score (nSPS) is 10.9. The van der Waals surface area contributed by atoms with Gasteiger partial charge in [0.15, 0.2) is 0 Å². The van der Waals surface area contributed by atoms with Crippen molar-refractivity contribution in [2.45, 2.75) is 19.3 Å². The van der Waals surface area contributed by atoms with Crippen molar-refractivity contribution in [2.75, 3.05) is 0 Å². The second-order valence-corrected chi connectivity index (χ2v) is 4.80. The van der Waals surface area contributed by atoms with Gasteiger partial charge in [-0.3, -0.25) is 4.79 Å². The van der Waals surface area contributed by atoms with Crippen LogP contribution in [0.15, 0.2) is 46.9 Å². The lowest BCUT2D eigenvalue weighted by molar-refractivity contribution is -0.137. The number of nitrogens with zero attached hydrogens (tertiary/aromatic N) is 2. The van der Waals surface area contributed by atoms with Crippen molar-refractivity contribution in [1.82, 2.24) is 10.2 Å². The number of carbonyl (C=O) groups is 1. The Morgan fingerprint density at radius 2 is 1.81 bits per heavy atom. The number of hydrogen-bond donors (Lipinski definition) is 1. The highest BCUT2D eigenvalue weighted by molar-refractivity contribution is 5.85. The molecular weight excluding hydrogens is 268 g/mol. The quantitative estimate of drug-likeness (QED) is 0.778. The van der Waals surface area contributed by atoms with E-state index >= 15 is 0 Å². The van der Waals surface area contributed by atoms with Gasteiger partial charge in [-0.05, 0) is 16.3 Å². The van der Waals surface area contributed by atoms with Gasteiger partial charge in [0.2, 0.25) is 11.8 Å². The molecule has 2 aromatic carbocycles. The molecule has 0 bridgehead atoms. The largest absolute Gasteiger partial charge is 0.481 e. The van der Waals surface area contributed by atoms with E-state index in [4.69, 9.17) is 9.52 Å². The van der Waals surface area contributed by atoms with E-state index in [-0.39, 0.29) is 12.8 Å². The van der Waals surface area contributed by atoms with Gasteiger partial charge < -0.3 is 9.52 Å². The first-order valence-corrected chi connectivity index (χ1v) is 6.72. The molecule has 0 aliphatic rings. The van der Waals surface area contributed by atoms with E-state index in [0.717, 1.165) is 10.9 Å². The van der Waals surface area contributed by atoms with Crippen LogP contribution in [0.2, 0.25) is 0 Å². The number of aliphatic carboxylic acids is 1. The molecule has 1 N–H and O–H groups in total. The number of aryl methyl sites for hydroxylation is 1. The molecule has 0 unspecified atom stereocenters. The predicted octanol–water partition coefficient (Wildman–Crippen LogP) is 2.83. The Balaban J connectivity index is 1.81. The number of benzene rings is 2. The first kappa shape index (κ1) is 13.3. The van der Waals surface area contributed by atoms with Crippen LogP contribution in [0.1, 0.15) is 23.8 Å². The summed E-state index contributed by atoms with van der Waals surface area (Å²) >= 11 is 0. The molecule has 1 heterocycles. The molecule has 5 nitrogen and oxygen atoms in total. The highest BCUT2D eigenvalue weighted by atomic mass is 16.4. The van der Waals surface area contributed by atoms with Crippen LogP contribution in [0.5, 0.6) is 0 Å². The van der Waals surface area contributed by atoms with Gasteiger partial charge in [-0.15, -0.1) is 10.2 Å². The fourth-order valence-electron chi connectivity index (χ4n) is 2.28. The summed E-state index contributed by atoms with van der Waals surface area (Å²) in [6.07, 6.45) is 0.801. The molecule has 0 fully saturated rings. The summed E-state index contributed by atoms with van der Waals surface area (Å²) in [5.41, 5.74) is 1.11. The molecule has 1 aromatic heterocycles. The van der Waals surface area contributed by atoms with Crippen LogP contribution in [0, 0.1) is 0 Å². The molecule has 0 saturated carbocycles. The summed E-state index contributed by atoms with van der Waals surface area (Å²) in [7, 11) is 0. The fraction of sp³-hybridized carbons (Fsp3) is 0.188. The number of carboxylic acids is 1. The van der Waals surface area contributed by atoms with Crippen LogP contribution in [0.4, 0.5) is 0 Å². The maximum atomic E-state index is 10.5. The van der Waals surface area contributed by atoms with Crippen molar-refractivity contribution in [1.29, 1.82) is 0 Å². The average Bonchev–Trinajstić information content (AvgIpc) is 2.93. The predicted molar refractivity (Wildman–Crippen MR) is 77.0 cm³/mol. The van der Waals surface area contributed by atoms with Crippen LogP contribution in [-0.2, 0) is 17.6 Å². The highest BCUT2D eigenvalue weighted by Gasteiger charge is 2.10. The van der Waals surface area contributed by atoms with E-state index in [2.05, 4.69) is 28.4 Å². The lowest BCUT2D eigenvalue weighted by atomic mass is 10.0. The van der Waals surface area contributed by atoms with Crippen molar-refractivity contribution in [3.05, 3.63) is 59.8 Å². The van der Waals surface area contributed by atoms with E-state index < -0.39 is 5.97 Å². The van der Waals surface area contributed by atoms with Crippen LogP contribution in [-0.4, -0.2) is 21.3 Å². The van der Waals surface area contributed by atoms with Gasteiger partial charge in [0.05, 0.1) is 12.8 Å². The average molecular weight is 282 g/mol. The zero-order valence-corrected chi connectivity index (χ0v) is 11.3. The standard InChI is InChI=1S/C16H14N2O3/c19-16(20)9-8-14-17-18-15(21-14)10-12-6-3-5-11-4-1-2-7-13(11)12/h1-7H,8-10H2,(H,19,20). The maximum absolute atomic E-state index is 10.5. The Bertz CT molecular complexity index is 775. The number of aromatic nitrogens is 2. The summed E-state index contributed by atoms with van der Waals surface area (Å²) in [6.45, 7) is 0. The monoisotopic (exact) mass is 282 g/mol. The molecule has 5 heteroatoms. The maximum Gasteiger partial charge on any atom is 0.303 e. The third-order valence-electron chi connectivity index (χ3n) is 3.28. The molecule has 3 rings (SSSR count). The van der Waals surface area contributed by atoms with Crippen LogP contribution >= 0.6 is 0 Å². The van der Waals surface area contributed by atoms with Gasteiger partial charge in [-0.2, -0.15) is 0 Å². The van der Waals surface area contributed by atoms with E-state index in [1.165, 1.54) is 5.39 Å². The summed E-state index contributed by atoms with van der Waals surface area (Å²) in [4.78, 5) is 10.5. The van der Waals surface area contributed by atoms with E-state index in [9.17, 15) is 4.79 Å². The number of carboxylic acid groups (broad SMARTS) is 1. The Morgan fingerprint density at radius 3 is 2.67 bits per heavy atom. The zero-order valence-electron chi connectivity index (χ0n) is 11.3. The molecular formula is C16H14N2O3. The van der Waals surface area contributed by atoms with Gasteiger partial charge in [-0.1, -0.05) is 42.5 Å². The third-order valence-corrected chi connectivity index (χ3v) is 3.28. The second-order valence-electron chi connectivity index (χ2n) is 4.80.